The molecule has 0 heterocycles. The summed E-state index contributed by atoms with van der Waals surface area (Å²) >= 11 is 0. The molecule has 0 N–H and O–H groups in total. The van der Waals surface area contributed by atoms with Gasteiger partial charge in [-0.25, -0.2) is 16.8 Å². The van der Waals surface area contributed by atoms with Gasteiger partial charge in [-0.3, -0.25) is 0 Å². The summed E-state index contributed by atoms with van der Waals surface area (Å²) in [5.74, 6) is 0. The molecule has 0 aromatic rings. The highest BCUT2D eigenvalue weighted by Crippen LogP contribution is 2.29. The van der Waals surface area contributed by atoms with E-state index in [2.05, 4.69) is 6.92 Å². The predicted molar refractivity (Wildman–Crippen MR) is 52.8 cm³/mol. The third kappa shape index (κ3) is 3.64. The van der Waals surface area contributed by atoms with Crippen molar-refractivity contribution in [3.63, 3.8) is 0 Å². The van der Waals surface area contributed by atoms with Crippen LogP contribution >= 0.6 is 0 Å². The molecule has 0 aliphatic rings. The lowest BCUT2D eigenvalue weighted by Gasteiger charge is -2.25. The van der Waals surface area contributed by atoms with Crippen molar-refractivity contribution in [2.24, 2.45) is 5.41 Å². The lowest BCUT2D eigenvalue weighted by Crippen LogP contribution is -2.31. The van der Waals surface area contributed by atoms with Crippen molar-refractivity contribution >= 4 is 21.4 Å². The van der Waals surface area contributed by atoms with Gasteiger partial charge in [0.1, 0.15) is 0 Å². The monoisotopic (exact) mass is 227 g/mol. The molecule has 0 aliphatic carbocycles. The molecule has 0 rings (SSSR count). The highest BCUT2D eigenvalue weighted by atomic mass is 32.2. The standard InChI is InChI=1S/C7H15O4S2/c1-4-5-7(2,3)6(12(8)9)13(10)11/h6,12-13H,1,4-5H2,2-3H3. The van der Waals surface area contributed by atoms with Crippen molar-refractivity contribution < 1.29 is 16.8 Å². The summed E-state index contributed by atoms with van der Waals surface area (Å²) in [5.41, 5.74) is -0.744. The lowest BCUT2D eigenvalue weighted by atomic mass is 9.90. The van der Waals surface area contributed by atoms with E-state index < -0.39 is 31.4 Å². The molecule has 0 aliphatic heterocycles. The van der Waals surface area contributed by atoms with E-state index in [0.29, 0.717) is 12.8 Å². The quantitative estimate of drug-likeness (QED) is 0.657. The molecule has 0 spiro atoms. The summed E-state index contributed by atoms with van der Waals surface area (Å²) < 4.78 is 41.5. The zero-order valence-corrected chi connectivity index (χ0v) is 9.51. The van der Waals surface area contributed by atoms with Crippen LogP contribution in [-0.2, 0) is 21.4 Å². The van der Waals surface area contributed by atoms with Crippen LogP contribution in [0.1, 0.15) is 26.7 Å². The van der Waals surface area contributed by atoms with Crippen LogP contribution in [0, 0.1) is 12.3 Å². The van der Waals surface area contributed by atoms with Gasteiger partial charge in [-0.2, -0.15) is 0 Å². The Bertz CT molecular complexity index is 264. The first-order valence-electron chi connectivity index (χ1n) is 3.89. The number of rotatable bonds is 5. The average molecular weight is 227 g/mol. The molecule has 0 bridgehead atoms. The first-order chi connectivity index (χ1) is 5.83. The van der Waals surface area contributed by atoms with Crippen LogP contribution in [0.25, 0.3) is 0 Å². The summed E-state index contributed by atoms with van der Waals surface area (Å²) in [4.78, 5) is 0. The Labute approximate surface area is 82.2 Å². The molecule has 0 saturated heterocycles. The fourth-order valence-corrected chi connectivity index (χ4v) is 3.25. The first kappa shape index (κ1) is 12.9. The van der Waals surface area contributed by atoms with E-state index in [-0.39, 0.29) is 0 Å². The summed E-state index contributed by atoms with van der Waals surface area (Å²) in [7, 11) is -5.85. The van der Waals surface area contributed by atoms with Crippen molar-refractivity contribution in [2.75, 3.05) is 0 Å². The van der Waals surface area contributed by atoms with Gasteiger partial charge in [-0.15, -0.1) is 0 Å². The molecular formula is C7H15O4S2. The fourth-order valence-electron chi connectivity index (χ4n) is 1.23. The minimum atomic E-state index is -2.93. The van der Waals surface area contributed by atoms with E-state index >= 15 is 0 Å². The van der Waals surface area contributed by atoms with Gasteiger partial charge in [-0.1, -0.05) is 27.2 Å². The SMILES string of the molecule is [CH2]CCC(C)(C)C([SH](=O)=O)[SH](=O)=O. The third-order valence-electron chi connectivity index (χ3n) is 1.92. The summed E-state index contributed by atoms with van der Waals surface area (Å²) in [5, 5.41) is 0. The van der Waals surface area contributed by atoms with Gasteiger partial charge in [0.15, 0.2) is 26.0 Å². The van der Waals surface area contributed by atoms with E-state index in [4.69, 9.17) is 0 Å². The van der Waals surface area contributed by atoms with Gasteiger partial charge in [-0.05, 0) is 11.8 Å². The van der Waals surface area contributed by atoms with Crippen molar-refractivity contribution in [2.45, 2.75) is 31.3 Å². The molecule has 79 valence electrons. The van der Waals surface area contributed by atoms with Gasteiger partial charge < -0.3 is 0 Å². The Morgan fingerprint density at radius 1 is 1.15 bits per heavy atom. The van der Waals surface area contributed by atoms with E-state index in [1.807, 2.05) is 0 Å². The summed E-state index contributed by atoms with van der Waals surface area (Å²) in [6, 6.07) is 0. The second kappa shape index (κ2) is 4.95. The molecular weight excluding hydrogens is 212 g/mol. The van der Waals surface area contributed by atoms with E-state index in [1.165, 1.54) is 0 Å². The number of hydrogen-bond acceptors (Lipinski definition) is 4. The average Bonchev–Trinajstić information content (AvgIpc) is 1.82. The molecule has 0 unspecified atom stereocenters. The zero-order valence-electron chi connectivity index (χ0n) is 7.73. The van der Waals surface area contributed by atoms with Crippen LogP contribution in [0.5, 0.6) is 0 Å². The Balaban J connectivity index is 4.94. The van der Waals surface area contributed by atoms with E-state index in [9.17, 15) is 16.8 Å². The molecule has 0 atom stereocenters. The Hall–Kier alpha value is -0.100. The predicted octanol–water partition coefficient (Wildman–Crippen LogP) is 0.176. The molecule has 6 heteroatoms. The Morgan fingerprint density at radius 2 is 1.54 bits per heavy atom. The zero-order chi connectivity index (χ0) is 10.6. The smallest absolute Gasteiger partial charge is 0.162 e. The van der Waals surface area contributed by atoms with Crippen LogP contribution < -0.4 is 0 Å². The second-order valence-electron chi connectivity index (χ2n) is 3.54. The van der Waals surface area contributed by atoms with Gasteiger partial charge >= 0.3 is 0 Å². The highest BCUT2D eigenvalue weighted by Gasteiger charge is 2.33. The maximum atomic E-state index is 10.7. The van der Waals surface area contributed by atoms with Crippen LogP contribution in [0.4, 0.5) is 0 Å². The van der Waals surface area contributed by atoms with Crippen molar-refractivity contribution in [1.82, 2.24) is 0 Å². The maximum absolute atomic E-state index is 10.7. The minimum absolute atomic E-state index is 0.476. The van der Waals surface area contributed by atoms with Crippen LogP contribution in [0.2, 0.25) is 0 Å². The lowest BCUT2D eigenvalue weighted by molar-refractivity contribution is 0.359. The van der Waals surface area contributed by atoms with Crippen LogP contribution in [-0.4, -0.2) is 21.4 Å². The molecule has 0 aromatic carbocycles. The van der Waals surface area contributed by atoms with Gasteiger partial charge in [0.05, 0.1) is 0 Å². The molecule has 13 heavy (non-hydrogen) atoms. The fraction of sp³-hybridized carbons (Fsp3) is 0.857. The van der Waals surface area contributed by atoms with Crippen molar-refractivity contribution in [3.8, 4) is 0 Å². The molecule has 0 fully saturated rings. The second-order valence-corrected chi connectivity index (χ2v) is 6.12. The van der Waals surface area contributed by atoms with Crippen LogP contribution in [0.15, 0.2) is 0 Å². The Kier molecular flexibility index (Phi) is 4.91. The van der Waals surface area contributed by atoms with Crippen molar-refractivity contribution in [1.29, 1.82) is 0 Å². The Morgan fingerprint density at radius 3 is 1.77 bits per heavy atom. The summed E-state index contributed by atoms with van der Waals surface area (Å²) in [6.07, 6.45) is 1.00. The van der Waals surface area contributed by atoms with E-state index in [0.717, 1.165) is 0 Å². The normalized spacial score (nSPS) is 13.1. The summed E-state index contributed by atoms with van der Waals surface area (Å²) in [6.45, 7) is 6.83. The van der Waals surface area contributed by atoms with Gasteiger partial charge in [0, 0.05) is 0 Å². The number of hydrogen-bond donors (Lipinski definition) is 2. The topological polar surface area (TPSA) is 68.3 Å². The van der Waals surface area contributed by atoms with Crippen LogP contribution in [0.3, 0.4) is 0 Å². The molecule has 0 saturated carbocycles. The maximum Gasteiger partial charge on any atom is 0.162 e. The van der Waals surface area contributed by atoms with Gasteiger partial charge in [0.2, 0.25) is 0 Å². The number of thiol groups is 2. The minimum Gasteiger partial charge on any atom is -0.231 e. The van der Waals surface area contributed by atoms with Crippen molar-refractivity contribution in [3.05, 3.63) is 6.92 Å². The molecule has 4 nitrogen and oxygen atoms in total. The first-order valence-corrected chi connectivity index (χ1v) is 6.38. The highest BCUT2D eigenvalue weighted by molar-refractivity contribution is 7.91. The van der Waals surface area contributed by atoms with Gasteiger partial charge in [0.25, 0.3) is 0 Å². The molecule has 0 aromatic heterocycles. The third-order valence-corrected chi connectivity index (χ3v) is 5.25. The largest absolute Gasteiger partial charge is 0.231 e. The molecule has 0 amide bonds. The van der Waals surface area contributed by atoms with E-state index in [1.54, 1.807) is 13.8 Å². The molecule has 1 radical (unpaired) electrons.